The molecule has 0 unspecified atom stereocenters. The highest BCUT2D eigenvalue weighted by Gasteiger charge is 2.63. The van der Waals surface area contributed by atoms with Gasteiger partial charge in [-0.1, -0.05) is 17.7 Å². The van der Waals surface area contributed by atoms with Gasteiger partial charge < -0.3 is 15.0 Å². The molecule has 0 saturated heterocycles. The number of carbonyl (C=O) groups is 1. The summed E-state index contributed by atoms with van der Waals surface area (Å²) in [5.74, 6) is 0.127. The van der Waals surface area contributed by atoms with Crippen molar-refractivity contribution in [3.05, 3.63) is 48.0 Å². The molecule has 2 atom stereocenters. The van der Waals surface area contributed by atoms with Gasteiger partial charge in [-0.3, -0.25) is 4.79 Å². The fraction of sp³-hybridized carbons (Fsp3) is 0.474. The third-order valence-electron chi connectivity index (χ3n) is 4.87. The van der Waals surface area contributed by atoms with Crippen LogP contribution in [0.4, 0.5) is 0 Å². The van der Waals surface area contributed by atoms with Crippen molar-refractivity contribution in [3.8, 4) is 5.69 Å². The quantitative estimate of drug-likeness (QED) is 0.794. The van der Waals surface area contributed by atoms with Gasteiger partial charge in [0.1, 0.15) is 5.41 Å². The number of ether oxygens (including phenoxy) is 1. The number of benzene rings is 1. The van der Waals surface area contributed by atoms with Crippen molar-refractivity contribution in [1.82, 2.24) is 9.55 Å². The van der Waals surface area contributed by atoms with Crippen LogP contribution < -0.4 is 5.73 Å². The predicted molar refractivity (Wildman–Crippen MR) is 93.0 cm³/mol. The second-order valence-corrected chi connectivity index (χ2v) is 6.53. The van der Waals surface area contributed by atoms with Crippen LogP contribution in [-0.4, -0.2) is 28.7 Å². The predicted octanol–water partition coefficient (Wildman–Crippen LogP) is 2.74. The zero-order valence-corrected chi connectivity index (χ0v) is 14.4. The van der Waals surface area contributed by atoms with Gasteiger partial charge in [0.2, 0.25) is 0 Å². The fourth-order valence-electron chi connectivity index (χ4n) is 3.38. The number of imidazole rings is 1. The van der Waals surface area contributed by atoms with Gasteiger partial charge in [-0.2, -0.15) is 0 Å². The van der Waals surface area contributed by atoms with E-state index in [9.17, 15) is 4.79 Å². The van der Waals surface area contributed by atoms with E-state index < -0.39 is 5.41 Å². The van der Waals surface area contributed by atoms with E-state index in [0.717, 1.165) is 30.6 Å². The lowest BCUT2D eigenvalue weighted by atomic mass is 9.97. The molecule has 1 aromatic heterocycles. The van der Waals surface area contributed by atoms with E-state index in [-0.39, 0.29) is 11.9 Å². The molecule has 1 aliphatic rings. The van der Waals surface area contributed by atoms with Gasteiger partial charge in [-0.25, -0.2) is 4.98 Å². The number of esters is 1. The molecule has 0 amide bonds. The topological polar surface area (TPSA) is 70.1 Å². The zero-order valence-electron chi connectivity index (χ0n) is 14.4. The summed E-state index contributed by atoms with van der Waals surface area (Å²) in [4.78, 5) is 17.1. The standard InChI is InChI=1S/C19H25N3O2/c1-3-24-18(23)19(11-15(19)5-4-10-20)17-12-22(13-21-17)16-8-6-14(2)7-9-16/h6-9,12-13,15H,3-5,10-11,20H2,1-2H3/t15-,19+/m0/s1. The number of hydrogen-bond acceptors (Lipinski definition) is 4. The maximum Gasteiger partial charge on any atom is 0.318 e. The van der Waals surface area contributed by atoms with Crippen molar-refractivity contribution in [3.63, 3.8) is 0 Å². The molecule has 0 bridgehead atoms. The van der Waals surface area contributed by atoms with Crippen molar-refractivity contribution in [2.75, 3.05) is 13.2 Å². The molecular weight excluding hydrogens is 302 g/mol. The lowest BCUT2D eigenvalue weighted by Gasteiger charge is -2.14. The van der Waals surface area contributed by atoms with Crippen LogP contribution in [0.5, 0.6) is 0 Å². The Bertz CT molecular complexity index is 708. The third-order valence-corrected chi connectivity index (χ3v) is 4.87. The van der Waals surface area contributed by atoms with E-state index >= 15 is 0 Å². The molecule has 0 radical (unpaired) electrons. The van der Waals surface area contributed by atoms with E-state index in [1.807, 2.05) is 17.7 Å². The van der Waals surface area contributed by atoms with Gasteiger partial charge in [0.05, 0.1) is 18.6 Å². The van der Waals surface area contributed by atoms with Crippen LogP contribution in [0.3, 0.4) is 0 Å². The van der Waals surface area contributed by atoms with Crippen LogP contribution in [-0.2, 0) is 14.9 Å². The summed E-state index contributed by atoms with van der Waals surface area (Å²) in [6.45, 7) is 4.94. The molecule has 1 saturated carbocycles. The Morgan fingerprint density at radius 3 is 2.83 bits per heavy atom. The first-order valence-electron chi connectivity index (χ1n) is 8.60. The van der Waals surface area contributed by atoms with Crippen molar-refractivity contribution < 1.29 is 9.53 Å². The highest BCUT2D eigenvalue weighted by atomic mass is 16.5. The number of nitrogens with two attached hydrogens (primary N) is 1. The summed E-state index contributed by atoms with van der Waals surface area (Å²) in [6, 6.07) is 8.24. The van der Waals surface area contributed by atoms with Crippen molar-refractivity contribution in [2.45, 2.75) is 38.5 Å². The highest BCUT2D eigenvalue weighted by Crippen LogP contribution is 2.56. The Balaban J connectivity index is 1.87. The van der Waals surface area contributed by atoms with Gasteiger partial charge in [-0.15, -0.1) is 0 Å². The SMILES string of the molecule is CCOC(=O)[C@]1(c2cn(-c3ccc(C)cc3)cn2)C[C@@H]1CCCN. The molecular formula is C19H25N3O2. The van der Waals surface area contributed by atoms with Crippen molar-refractivity contribution in [1.29, 1.82) is 0 Å². The van der Waals surface area contributed by atoms with Gasteiger partial charge in [-0.05, 0) is 57.7 Å². The Hall–Kier alpha value is -2.14. The normalized spacial score (nSPS) is 22.4. The number of aryl methyl sites for hydroxylation is 1. The number of aromatic nitrogens is 2. The van der Waals surface area contributed by atoms with E-state index in [4.69, 9.17) is 10.5 Å². The summed E-state index contributed by atoms with van der Waals surface area (Å²) >= 11 is 0. The van der Waals surface area contributed by atoms with Crippen LogP contribution in [0.15, 0.2) is 36.8 Å². The van der Waals surface area contributed by atoms with Gasteiger partial charge in [0.25, 0.3) is 0 Å². The first-order chi connectivity index (χ1) is 11.6. The third kappa shape index (κ3) is 2.96. The second-order valence-electron chi connectivity index (χ2n) is 6.53. The van der Waals surface area contributed by atoms with Crippen LogP contribution >= 0.6 is 0 Å². The number of nitrogens with zero attached hydrogens (tertiary/aromatic N) is 2. The van der Waals surface area contributed by atoms with Crippen molar-refractivity contribution in [2.24, 2.45) is 11.7 Å². The summed E-state index contributed by atoms with van der Waals surface area (Å²) in [5, 5.41) is 0. The van der Waals surface area contributed by atoms with E-state index in [1.54, 1.807) is 6.33 Å². The number of hydrogen-bond donors (Lipinski definition) is 1. The molecule has 2 aromatic rings. The summed E-state index contributed by atoms with van der Waals surface area (Å²) in [6.07, 6.45) is 6.40. The molecule has 0 aliphatic heterocycles. The van der Waals surface area contributed by atoms with Gasteiger partial charge in [0.15, 0.2) is 0 Å². The summed E-state index contributed by atoms with van der Waals surface area (Å²) < 4.78 is 7.31. The Labute approximate surface area is 142 Å². The molecule has 24 heavy (non-hydrogen) atoms. The first kappa shape index (κ1) is 16.7. The molecule has 3 rings (SSSR count). The van der Waals surface area contributed by atoms with E-state index in [0.29, 0.717) is 13.2 Å². The smallest absolute Gasteiger partial charge is 0.318 e. The van der Waals surface area contributed by atoms with Crippen LogP contribution in [0.2, 0.25) is 0 Å². The lowest BCUT2D eigenvalue weighted by molar-refractivity contribution is -0.146. The average Bonchev–Trinajstić information content (AvgIpc) is 3.11. The molecule has 1 fully saturated rings. The minimum absolute atomic E-state index is 0.152. The van der Waals surface area contributed by atoms with Gasteiger partial charge >= 0.3 is 5.97 Å². The maximum atomic E-state index is 12.6. The molecule has 0 spiro atoms. The van der Waals surface area contributed by atoms with Crippen LogP contribution in [0.1, 0.15) is 37.4 Å². The minimum atomic E-state index is -0.582. The molecule has 128 valence electrons. The monoisotopic (exact) mass is 327 g/mol. The highest BCUT2D eigenvalue weighted by molar-refractivity contribution is 5.86. The molecule has 5 heteroatoms. The molecule has 1 aliphatic carbocycles. The molecule has 5 nitrogen and oxygen atoms in total. The van der Waals surface area contributed by atoms with Gasteiger partial charge in [0, 0.05) is 11.9 Å². The molecule has 2 N–H and O–H groups in total. The Kier molecular flexibility index (Phi) is 4.71. The summed E-state index contributed by atoms with van der Waals surface area (Å²) in [7, 11) is 0. The Morgan fingerprint density at radius 1 is 1.42 bits per heavy atom. The zero-order chi connectivity index (χ0) is 17.2. The maximum absolute atomic E-state index is 12.6. The van der Waals surface area contributed by atoms with Crippen LogP contribution in [0.25, 0.3) is 5.69 Å². The number of rotatable bonds is 7. The second kappa shape index (κ2) is 6.77. The summed E-state index contributed by atoms with van der Waals surface area (Å²) in [5.41, 5.74) is 8.10. The largest absolute Gasteiger partial charge is 0.465 e. The molecule has 1 aromatic carbocycles. The Morgan fingerprint density at radius 2 is 2.17 bits per heavy atom. The fourth-order valence-corrected chi connectivity index (χ4v) is 3.38. The van der Waals surface area contributed by atoms with Crippen LogP contribution in [0, 0.1) is 12.8 Å². The van der Waals surface area contributed by atoms with Crippen molar-refractivity contribution >= 4 is 5.97 Å². The first-order valence-corrected chi connectivity index (χ1v) is 8.60. The average molecular weight is 327 g/mol. The molecule has 1 heterocycles. The number of carbonyl (C=O) groups excluding carboxylic acids is 1. The minimum Gasteiger partial charge on any atom is -0.465 e. The lowest BCUT2D eigenvalue weighted by Crippen LogP contribution is -2.26. The van der Waals surface area contributed by atoms with E-state index in [2.05, 4.69) is 36.2 Å². The van der Waals surface area contributed by atoms with E-state index in [1.165, 1.54) is 5.56 Å².